The number of nitrogens with zero attached hydrogens (tertiary/aromatic N) is 1. The van der Waals surface area contributed by atoms with Gasteiger partial charge in [-0.1, -0.05) is 0 Å². The molecule has 0 radical (unpaired) electrons. The van der Waals surface area contributed by atoms with Crippen LogP contribution in [0.5, 0.6) is 0 Å². The van der Waals surface area contributed by atoms with Crippen molar-refractivity contribution in [3.8, 4) is 0 Å². The molecule has 0 bridgehead atoms. The van der Waals surface area contributed by atoms with Crippen molar-refractivity contribution < 1.29 is 0 Å². The highest BCUT2D eigenvalue weighted by Crippen LogP contribution is 2.25. The van der Waals surface area contributed by atoms with Crippen molar-refractivity contribution in [3.05, 3.63) is 30.1 Å². The van der Waals surface area contributed by atoms with Crippen molar-refractivity contribution in [2.45, 2.75) is 6.92 Å². The molecular formula is C10H13N5. The van der Waals surface area contributed by atoms with Gasteiger partial charge >= 0.3 is 0 Å². The van der Waals surface area contributed by atoms with Gasteiger partial charge < -0.3 is 16.8 Å². The number of nitrogens with two attached hydrogens (primary N) is 2. The van der Waals surface area contributed by atoms with Gasteiger partial charge in [0.2, 0.25) is 0 Å². The van der Waals surface area contributed by atoms with E-state index in [0.29, 0.717) is 11.4 Å². The maximum absolute atomic E-state index is 5.81. The number of hydrogen-bond donors (Lipinski definition) is 4. The molecule has 0 spiro atoms. The van der Waals surface area contributed by atoms with Crippen LogP contribution < -0.4 is 16.8 Å². The number of aryl methyl sites for hydroxylation is 1. The van der Waals surface area contributed by atoms with Crippen molar-refractivity contribution >= 4 is 22.7 Å². The largest absolute Gasteiger partial charge is 0.399 e. The number of nitrogens with one attached hydrogen (secondary N) is 2. The Bertz CT molecular complexity index is 474. The van der Waals surface area contributed by atoms with Crippen LogP contribution in [0.3, 0.4) is 0 Å². The van der Waals surface area contributed by atoms with E-state index in [0.717, 1.165) is 17.1 Å². The number of hydrogen-bond acceptors (Lipinski definition) is 4. The summed E-state index contributed by atoms with van der Waals surface area (Å²) in [5.74, 6) is 0. The van der Waals surface area contributed by atoms with Gasteiger partial charge in [0.05, 0.1) is 22.8 Å². The van der Waals surface area contributed by atoms with Gasteiger partial charge in [0, 0.05) is 11.9 Å². The Morgan fingerprint density at radius 2 is 2.07 bits per heavy atom. The molecule has 0 aliphatic heterocycles. The predicted molar refractivity (Wildman–Crippen MR) is 61.9 cm³/mol. The molecule has 1 aromatic carbocycles. The minimum atomic E-state index is 0.621. The van der Waals surface area contributed by atoms with Crippen molar-refractivity contribution in [2.24, 2.45) is 0 Å². The van der Waals surface area contributed by atoms with Crippen molar-refractivity contribution in [1.82, 2.24) is 10.2 Å². The third kappa shape index (κ3) is 1.85. The number of benzene rings is 1. The first-order valence-electron chi connectivity index (χ1n) is 4.59. The summed E-state index contributed by atoms with van der Waals surface area (Å²) < 4.78 is 0. The molecule has 0 amide bonds. The molecule has 0 saturated heterocycles. The zero-order chi connectivity index (χ0) is 10.8. The summed E-state index contributed by atoms with van der Waals surface area (Å²) >= 11 is 0. The average molecular weight is 203 g/mol. The van der Waals surface area contributed by atoms with Crippen LogP contribution in [0.2, 0.25) is 0 Å². The fraction of sp³-hybridized carbons (Fsp3) is 0.100. The Kier molecular flexibility index (Phi) is 2.21. The van der Waals surface area contributed by atoms with E-state index >= 15 is 0 Å². The molecule has 78 valence electrons. The van der Waals surface area contributed by atoms with Gasteiger partial charge in [0.15, 0.2) is 0 Å². The molecule has 2 rings (SSSR count). The number of aromatic amines is 1. The number of nitrogen functional groups attached to an aromatic ring is 2. The number of rotatable bonds is 2. The normalized spacial score (nSPS) is 10.2. The zero-order valence-electron chi connectivity index (χ0n) is 8.41. The van der Waals surface area contributed by atoms with Crippen LogP contribution in [-0.4, -0.2) is 10.2 Å². The second-order valence-corrected chi connectivity index (χ2v) is 3.36. The van der Waals surface area contributed by atoms with Crippen LogP contribution in [0.25, 0.3) is 0 Å². The van der Waals surface area contributed by atoms with Crippen LogP contribution >= 0.6 is 0 Å². The molecule has 1 aromatic heterocycles. The number of anilines is 4. The Morgan fingerprint density at radius 3 is 2.67 bits per heavy atom. The van der Waals surface area contributed by atoms with Crippen LogP contribution in [0.4, 0.5) is 22.7 Å². The maximum Gasteiger partial charge on any atom is 0.0826 e. The first kappa shape index (κ1) is 9.39. The van der Waals surface area contributed by atoms with Gasteiger partial charge in [-0.3, -0.25) is 5.10 Å². The summed E-state index contributed by atoms with van der Waals surface area (Å²) in [6, 6.07) is 5.36. The van der Waals surface area contributed by atoms with E-state index in [1.165, 1.54) is 0 Å². The molecule has 2 aromatic rings. The molecular weight excluding hydrogens is 190 g/mol. The monoisotopic (exact) mass is 203 g/mol. The molecule has 0 unspecified atom stereocenters. The first-order chi connectivity index (χ1) is 7.16. The molecule has 0 atom stereocenters. The lowest BCUT2D eigenvalue weighted by Gasteiger charge is -2.08. The van der Waals surface area contributed by atoms with Gasteiger partial charge in [-0.2, -0.15) is 5.10 Å². The lowest BCUT2D eigenvalue weighted by atomic mass is 10.2. The van der Waals surface area contributed by atoms with Crippen molar-refractivity contribution in [3.63, 3.8) is 0 Å². The van der Waals surface area contributed by atoms with E-state index in [1.807, 2.05) is 13.0 Å². The van der Waals surface area contributed by atoms with E-state index in [1.54, 1.807) is 18.3 Å². The Hall–Kier alpha value is -2.17. The quantitative estimate of drug-likeness (QED) is 0.558. The molecule has 1 heterocycles. The summed E-state index contributed by atoms with van der Waals surface area (Å²) in [6.07, 6.45) is 1.78. The first-order valence-corrected chi connectivity index (χ1v) is 4.59. The summed E-state index contributed by atoms with van der Waals surface area (Å²) in [6.45, 7) is 1.91. The lowest BCUT2D eigenvalue weighted by molar-refractivity contribution is 1.05. The van der Waals surface area contributed by atoms with Crippen LogP contribution in [0, 0.1) is 6.92 Å². The van der Waals surface area contributed by atoms with Crippen molar-refractivity contribution in [1.29, 1.82) is 0 Å². The average Bonchev–Trinajstić information content (AvgIpc) is 2.57. The second kappa shape index (κ2) is 3.53. The molecule has 6 N–H and O–H groups in total. The van der Waals surface area contributed by atoms with E-state index in [2.05, 4.69) is 15.5 Å². The lowest BCUT2D eigenvalue weighted by Crippen LogP contribution is -1.97. The van der Waals surface area contributed by atoms with Gasteiger partial charge in [-0.05, 0) is 25.1 Å². The molecule has 0 saturated carbocycles. The Morgan fingerprint density at radius 1 is 1.27 bits per heavy atom. The van der Waals surface area contributed by atoms with Gasteiger partial charge in [-0.15, -0.1) is 0 Å². The molecule has 15 heavy (non-hydrogen) atoms. The molecule has 5 nitrogen and oxygen atoms in total. The number of H-pyrrole nitrogens is 1. The summed E-state index contributed by atoms with van der Waals surface area (Å²) in [5.41, 5.74) is 15.3. The molecule has 0 fully saturated rings. The highest BCUT2D eigenvalue weighted by molar-refractivity contribution is 5.75. The van der Waals surface area contributed by atoms with E-state index in [-0.39, 0.29) is 0 Å². The standard InChI is InChI=1S/C10H13N5/c1-6-10(5-13-15-6)14-9-3-2-7(11)4-8(9)12/h2-5,14H,11-12H2,1H3,(H,13,15). The van der Waals surface area contributed by atoms with Crippen LogP contribution in [0.15, 0.2) is 24.4 Å². The van der Waals surface area contributed by atoms with Crippen LogP contribution in [0.1, 0.15) is 5.69 Å². The fourth-order valence-corrected chi connectivity index (χ4v) is 1.32. The van der Waals surface area contributed by atoms with E-state index in [9.17, 15) is 0 Å². The van der Waals surface area contributed by atoms with Crippen LogP contribution in [-0.2, 0) is 0 Å². The zero-order valence-corrected chi connectivity index (χ0v) is 8.41. The Labute approximate surface area is 87.5 Å². The minimum Gasteiger partial charge on any atom is -0.399 e. The SMILES string of the molecule is Cc1n[nH]cc1Nc1ccc(N)cc1N. The molecule has 0 aliphatic rings. The van der Waals surface area contributed by atoms with E-state index < -0.39 is 0 Å². The maximum atomic E-state index is 5.81. The summed E-state index contributed by atoms with van der Waals surface area (Å²) in [4.78, 5) is 0. The number of aromatic nitrogens is 2. The topological polar surface area (TPSA) is 92.8 Å². The van der Waals surface area contributed by atoms with Gasteiger partial charge in [0.25, 0.3) is 0 Å². The van der Waals surface area contributed by atoms with Crippen molar-refractivity contribution in [2.75, 3.05) is 16.8 Å². The van der Waals surface area contributed by atoms with Gasteiger partial charge in [-0.25, -0.2) is 0 Å². The highest BCUT2D eigenvalue weighted by Gasteiger charge is 2.03. The molecule has 0 aliphatic carbocycles. The Balaban J connectivity index is 2.29. The van der Waals surface area contributed by atoms with Gasteiger partial charge in [0.1, 0.15) is 0 Å². The second-order valence-electron chi connectivity index (χ2n) is 3.36. The third-order valence-corrected chi connectivity index (χ3v) is 2.18. The fourth-order valence-electron chi connectivity index (χ4n) is 1.32. The third-order valence-electron chi connectivity index (χ3n) is 2.18. The predicted octanol–water partition coefficient (Wildman–Crippen LogP) is 1.63. The summed E-state index contributed by atoms with van der Waals surface area (Å²) in [7, 11) is 0. The molecule has 5 heteroatoms. The van der Waals surface area contributed by atoms with E-state index in [4.69, 9.17) is 11.5 Å². The minimum absolute atomic E-state index is 0.621. The highest BCUT2D eigenvalue weighted by atomic mass is 15.1. The smallest absolute Gasteiger partial charge is 0.0826 e. The summed E-state index contributed by atoms with van der Waals surface area (Å²) in [5, 5.41) is 9.95.